The molecule has 2 saturated heterocycles. The third kappa shape index (κ3) is 9.71. The van der Waals surface area contributed by atoms with Crippen LogP contribution in [0.1, 0.15) is 38.2 Å². The molecule has 2 fully saturated rings. The standard InChI is InChI=1S/C29H41N7O9/c1-17(30)28(44)35-11-6-10-22(35)27(43)33-19(13-18-7-3-2-4-8-18)25(41)34-20(16-37)29(45)36-12-5-9-21(36)26(42)32-14-23(38)31-15-24(39)40/h2-4,7-8,17,19-22,37H,5-6,9-16,30H2,1H3,(H,31,38)(H,32,42)(H,33,43)(H,34,41)(H,39,40)/t17-,19-,20-,21-,22-/m0/s1. The van der Waals surface area contributed by atoms with E-state index in [2.05, 4.69) is 21.3 Å². The van der Waals surface area contributed by atoms with Gasteiger partial charge in [0.2, 0.25) is 35.4 Å². The van der Waals surface area contributed by atoms with Gasteiger partial charge in [-0.15, -0.1) is 0 Å². The van der Waals surface area contributed by atoms with Gasteiger partial charge in [-0.25, -0.2) is 0 Å². The van der Waals surface area contributed by atoms with E-state index in [4.69, 9.17) is 10.8 Å². The summed E-state index contributed by atoms with van der Waals surface area (Å²) < 4.78 is 0. The number of carbonyl (C=O) groups excluding carboxylic acids is 6. The van der Waals surface area contributed by atoms with Crippen LogP contribution in [-0.2, 0) is 40.0 Å². The maximum absolute atomic E-state index is 13.5. The number of nitrogens with two attached hydrogens (primary N) is 1. The Labute approximate surface area is 260 Å². The zero-order valence-electron chi connectivity index (χ0n) is 25.1. The third-order valence-corrected chi connectivity index (χ3v) is 7.64. The molecule has 0 spiro atoms. The van der Waals surface area contributed by atoms with Crippen LogP contribution in [0.2, 0.25) is 0 Å². The summed E-state index contributed by atoms with van der Waals surface area (Å²) in [4.78, 5) is 90.6. The normalized spacial score (nSPS) is 19.6. The molecular formula is C29H41N7O9. The highest BCUT2D eigenvalue weighted by molar-refractivity contribution is 5.97. The molecule has 0 bridgehead atoms. The summed E-state index contributed by atoms with van der Waals surface area (Å²) in [5.74, 6) is -5.03. The zero-order valence-corrected chi connectivity index (χ0v) is 25.1. The summed E-state index contributed by atoms with van der Waals surface area (Å²) in [6, 6.07) is 3.63. The Morgan fingerprint density at radius 1 is 0.844 bits per heavy atom. The van der Waals surface area contributed by atoms with Crippen LogP contribution in [0.3, 0.4) is 0 Å². The maximum Gasteiger partial charge on any atom is 0.322 e. The monoisotopic (exact) mass is 631 g/mol. The quantitative estimate of drug-likeness (QED) is 0.109. The molecule has 0 radical (unpaired) electrons. The lowest BCUT2D eigenvalue weighted by Crippen LogP contribution is -2.59. The van der Waals surface area contributed by atoms with Gasteiger partial charge in [-0.2, -0.15) is 0 Å². The molecule has 8 N–H and O–H groups in total. The molecule has 0 aromatic heterocycles. The van der Waals surface area contributed by atoms with E-state index in [1.54, 1.807) is 30.3 Å². The van der Waals surface area contributed by atoms with Gasteiger partial charge in [0.05, 0.1) is 19.2 Å². The molecule has 1 aromatic rings. The van der Waals surface area contributed by atoms with Crippen molar-refractivity contribution in [3.05, 3.63) is 35.9 Å². The number of rotatable bonds is 14. The summed E-state index contributed by atoms with van der Waals surface area (Å²) in [6.07, 6.45) is 1.75. The van der Waals surface area contributed by atoms with Crippen LogP contribution in [0.5, 0.6) is 0 Å². The van der Waals surface area contributed by atoms with Crippen molar-refractivity contribution in [2.75, 3.05) is 32.8 Å². The first-order chi connectivity index (χ1) is 21.4. The molecule has 3 rings (SSSR count). The van der Waals surface area contributed by atoms with Gasteiger partial charge >= 0.3 is 5.97 Å². The fourth-order valence-electron chi connectivity index (χ4n) is 5.37. The summed E-state index contributed by atoms with van der Waals surface area (Å²) in [6.45, 7) is 0.131. The Hall–Kier alpha value is -4.57. The lowest BCUT2D eigenvalue weighted by atomic mass is 10.0. The van der Waals surface area contributed by atoms with Crippen LogP contribution in [-0.4, -0.2) is 124 Å². The van der Waals surface area contributed by atoms with Crippen LogP contribution < -0.4 is 27.0 Å². The second-order valence-corrected chi connectivity index (χ2v) is 11.1. The first-order valence-electron chi connectivity index (χ1n) is 14.8. The molecule has 2 heterocycles. The van der Waals surface area contributed by atoms with Crippen molar-refractivity contribution in [3.63, 3.8) is 0 Å². The summed E-state index contributed by atoms with van der Waals surface area (Å²) in [5, 5.41) is 28.4. The van der Waals surface area contributed by atoms with Crippen molar-refractivity contribution < 1.29 is 43.8 Å². The molecule has 16 heteroatoms. The van der Waals surface area contributed by atoms with Crippen molar-refractivity contribution in [2.45, 2.75) is 69.2 Å². The van der Waals surface area contributed by atoms with Crippen molar-refractivity contribution in [2.24, 2.45) is 5.73 Å². The van der Waals surface area contributed by atoms with Crippen LogP contribution in [0.15, 0.2) is 30.3 Å². The summed E-state index contributed by atoms with van der Waals surface area (Å²) in [7, 11) is 0. The third-order valence-electron chi connectivity index (χ3n) is 7.64. The number of aliphatic hydroxyl groups excluding tert-OH is 1. The van der Waals surface area contributed by atoms with Crippen LogP contribution >= 0.6 is 0 Å². The Balaban J connectivity index is 1.69. The number of aliphatic carboxylic acids is 1. The number of amides is 6. The Kier molecular flexibility index (Phi) is 12.8. The molecule has 246 valence electrons. The van der Waals surface area contributed by atoms with E-state index in [9.17, 15) is 38.7 Å². The number of nitrogens with one attached hydrogen (secondary N) is 4. The van der Waals surface area contributed by atoms with Crippen molar-refractivity contribution in [3.8, 4) is 0 Å². The van der Waals surface area contributed by atoms with Crippen LogP contribution in [0, 0.1) is 0 Å². The predicted octanol–water partition coefficient (Wildman–Crippen LogP) is -3.16. The summed E-state index contributed by atoms with van der Waals surface area (Å²) in [5.41, 5.74) is 6.46. The van der Waals surface area contributed by atoms with E-state index in [1.165, 1.54) is 16.7 Å². The van der Waals surface area contributed by atoms with E-state index in [1.807, 2.05) is 0 Å². The van der Waals surface area contributed by atoms with Crippen molar-refractivity contribution in [1.29, 1.82) is 0 Å². The van der Waals surface area contributed by atoms with Crippen molar-refractivity contribution in [1.82, 2.24) is 31.1 Å². The number of carboxylic acid groups (broad SMARTS) is 1. The number of carboxylic acids is 1. The van der Waals surface area contributed by atoms with Gasteiger partial charge in [0.1, 0.15) is 30.7 Å². The number of nitrogens with zero attached hydrogens (tertiary/aromatic N) is 2. The smallest absolute Gasteiger partial charge is 0.322 e. The number of hydrogen-bond acceptors (Lipinski definition) is 9. The second-order valence-electron chi connectivity index (χ2n) is 11.1. The first-order valence-corrected chi connectivity index (χ1v) is 14.8. The minimum atomic E-state index is -1.44. The largest absolute Gasteiger partial charge is 0.480 e. The fraction of sp³-hybridized carbons (Fsp3) is 0.552. The van der Waals surface area contributed by atoms with Crippen LogP contribution in [0.25, 0.3) is 0 Å². The number of hydrogen-bond donors (Lipinski definition) is 7. The molecular weight excluding hydrogens is 590 g/mol. The second kappa shape index (κ2) is 16.5. The van der Waals surface area contributed by atoms with Gasteiger partial charge in [-0.1, -0.05) is 30.3 Å². The molecule has 2 aliphatic heterocycles. The van der Waals surface area contributed by atoms with Gasteiger partial charge in [0, 0.05) is 19.5 Å². The lowest BCUT2D eigenvalue weighted by Gasteiger charge is -2.30. The number of carbonyl (C=O) groups is 7. The molecule has 6 amide bonds. The van der Waals surface area contributed by atoms with Crippen LogP contribution in [0.4, 0.5) is 0 Å². The molecule has 45 heavy (non-hydrogen) atoms. The molecule has 1 aromatic carbocycles. The molecule has 0 aliphatic carbocycles. The molecule has 0 saturated carbocycles. The van der Waals surface area contributed by atoms with Gasteiger partial charge in [-0.05, 0) is 38.2 Å². The predicted molar refractivity (Wildman–Crippen MR) is 158 cm³/mol. The molecule has 2 aliphatic rings. The highest BCUT2D eigenvalue weighted by atomic mass is 16.4. The van der Waals surface area contributed by atoms with Gasteiger partial charge < -0.3 is 47.0 Å². The van der Waals surface area contributed by atoms with Gasteiger partial charge in [0.15, 0.2) is 0 Å². The Morgan fingerprint density at radius 3 is 2.02 bits per heavy atom. The number of aliphatic hydroxyl groups is 1. The minimum absolute atomic E-state index is 0.0530. The Morgan fingerprint density at radius 2 is 1.44 bits per heavy atom. The minimum Gasteiger partial charge on any atom is -0.480 e. The SMILES string of the molecule is C[C@H](N)C(=O)N1CCC[C@H]1C(=O)N[C@@H](Cc1ccccc1)C(=O)N[C@@H](CO)C(=O)N1CCC[C@H]1C(=O)NCC(=O)NCC(=O)O. The molecule has 5 atom stereocenters. The molecule has 16 nitrogen and oxygen atoms in total. The topological polar surface area (TPSA) is 241 Å². The lowest BCUT2D eigenvalue weighted by molar-refractivity contribution is -0.143. The zero-order chi connectivity index (χ0) is 33.1. The summed E-state index contributed by atoms with van der Waals surface area (Å²) >= 11 is 0. The van der Waals surface area contributed by atoms with Gasteiger partial charge in [0.25, 0.3) is 0 Å². The maximum atomic E-state index is 13.5. The number of benzene rings is 1. The highest BCUT2D eigenvalue weighted by Gasteiger charge is 2.40. The molecule has 0 unspecified atom stereocenters. The number of likely N-dealkylation sites (tertiary alicyclic amines) is 2. The van der Waals surface area contributed by atoms with E-state index in [0.29, 0.717) is 31.4 Å². The van der Waals surface area contributed by atoms with Crippen molar-refractivity contribution >= 4 is 41.4 Å². The van der Waals surface area contributed by atoms with Gasteiger partial charge in [-0.3, -0.25) is 33.6 Å². The highest BCUT2D eigenvalue weighted by Crippen LogP contribution is 2.20. The van der Waals surface area contributed by atoms with E-state index < -0.39 is 85.4 Å². The fourth-order valence-corrected chi connectivity index (χ4v) is 5.37. The van der Waals surface area contributed by atoms with E-state index in [0.717, 1.165) is 0 Å². The Bertz CT molecular complexity index is 1260. The van der Waals surface area contributed by atoms with E-state index in [-0.39, 0.29) is 25.3 Å². The first kappa shape index (κ1) is 34.9. The van der Waals surface area contributed by atoms with E-state index >= 15 is 0 Å². The average molecular weight is 632 g/mol. The average Bonchev–Trinajstić information content (AvgIpc) is 3.71.